The van der Waals surface area contributed by atoms with Crippen molar-refractivity contribution in [2.24, 2.45) is 5.11 Å². The molecule has 1 heterocycles. The Kier molecular flexibility index (Phi) is 9.47. The molecule has 8 heteroatoms. The van der Waals surface area contributed by atoms with Crippen LogP contribution >= 0.6 is 0 Å². The number of Topliss-reactive ketones (excluding diaryl/α,β-unsaturated/α-hetero) is 1. The fraction of sp³-hybridized carbons (Fsp3) is 0.800. The lowest BCUT2D eigenvalue weighted by molar-refractivity contribution is -0.164. The van der Waals surface area contributed by atoms with Gasteiger partial charge in [-0.2, -0.15) is 0 Å². The van der Waals surface area contributed by atoms with Gasteiger partial charge < -0.3 is 10.1 Å². The Bertz CT molecular complexity index is 460. The van der Waals surface area contributed by atoms with Gasteiger partial charge in [0, 0.05) is 17.9 Å². The van der Waals surface area contributed by atoms with Crippen LogP contribution in [0.3, 0.4) is 0 Å². The van der Waals surface area contributed by atoms with E-state index in [0.29, 0.717) is 13.0 Å². The number of hydrogen-bond acceptors (Lipinski definition) is 5. The number of carbonyl (C=O) groups excluding carboxylic acids is 3. The zero-order valence-corrected chi connectivity index (χ0v) is 13.3. The van der Waals surface area contributed by atoms with Crippen LogP contribution in [-0.4, -0.2) is 36.9 Å². The van der Waals surface area contributed by atoms with Crippen molar-refractivity contribution < 1.29 is 19.1 Å². The number of azide groups is 1. The summed E-state index contributed by atoms with van der Waals surface area (Å²) in [6.45, 7) is 0.757. The molecule has 0 spiro atoms. The van der Waals surface area contributed by atoms with Crippen LogP contribution in [-0.2, 0) is 19.1 Å². The molecule has 0 aromatic heterocycles. The topological polar surface area (TPSA) is 121 Å². The Hall–Kier alpha value is -2.08. The van der Waals surface area contributed by atoms with Crippen molar-refractivity contribution >= 4 is 17.7 Å². The third-order valence-corrected chi connectivity index (χ3v) is 3.65. The zero-order valence-electron chi connectivity index (χ0n) is 13.3. The molecule has 1 aliphatic rings. The first-order valence-corrected chi connectivity index (χ1v) is 8.12. The molecular weight excluding hydrogens is 300 g/mol. The smallest absolute Gasteiger partial charge is 0.332 e. The second-order valence-corrected chi connectivity index (χ2v) is 5.64. The lowest BCUT2D eigenvalue weighted by atomic mass is 10.1. The Balaban J connectivity index is 1.90. The van der Waals surface area contributed by atoms with Gasteiger partial charge in [-0.3, -0.25) is 9.59 Å². The Morgan fingerprint density at radius 2 is 1.83 bits per heavy atom. The monoisotopic (exact) mass is 324 g/mol. The summed E-state index contributed by atoms with van der Waals surface area (Å²) in [5.74, 6) is -0.938. The van der Waals surface area contributed by atoms with E-state index in [9.17, 15) is 14.4 Å². The van der Waals surface area contributed by atoms with Crippen molar-refractivity contribution in [3.63, 3.8) is 0 Å². The fourth-order valence-electron chi connectivity index (χ4n) is 2.28. The second-order valence-electron chi connectivity index (χ2n) is 5.64. The molecule has 1 N–H and O–H groups in total. The number of rotatable bonds is 13. The highest BCUT2D eigenvalue weighted by Gasteiger charge is 2.32. The van der Waals surface area contributed by atoms with Crippen LogP contribution in [0.2, 0.25) is 0 Å². The number of amides is 1. The number of cyclic esters (lactones) is 1. The number of esters is 1. The highest BCUT2D eigenvalue weighted by molar-refractivity contribution is 5.99. The summed E-state index contributed by atoms with van der Waals surface area (Å²) < 4.78 is 4.53. The maximum Gasteiger partial charge on any atom is 0.332 e. The van der Waals surface area contributed by atoms with Crippen LogP contribution in [0.15, 0.2) is 5.11 Å². The van der Waals surface area contributed by atoms with Crippen LogP contribution in [0.5, 0.6) is 0 Å². The van der Waals surface area contributed by atoms with Gasteiger partial charge in [0.1, 0.15) is 12.4 Å². The van der Waals surface area contributed by atoms with Crippen LogP contribution in [0.25, 0.3) is 10.4 Å². The molecule has 0 unspecified atom stereocenters. The summed E-state index contributed by atoms with van der Waals surface area (Å²) in [6.07, 6.45) is 7.25. The van der Waals surface area contributed by atoms with Gasteiger partial charge in [0.25, 0.3) is 0 Å². The molecule has 1 rings (SSSR count). The molecule has 8 nitrogen and oxygen atoms in total. The van der Waals surface area contributed by atoms with E-state index in [1.165, 1.54) is 0 Å². The summed E-state index contributed by atoms with van der Waals surface area (Å²) in [5.41, 5.74) is 8.12. The highest BCUT2D eigenvalue weighted by Crippen LogP contribution is 2.10. The van der Waals surface area contributed by atoms with E-state index >= 15 is 0 Å². The lowest BCUT2D eigenvalue weighted by Gasteiger charge is -2.24. The highest BCUT2D eigenvalue weighted by atomic mass is 16.6. The van der Waals surface area contributed by atoms with Crippen molar-refractivity contribution in [2.45, 2.75) is 63.8 Å². The molecule has 23 heavy (non-hydrogen) atoms. The third-order valence-electron chi connectivity index (χ3n) is 3.65. The maximum absolute atomic E-state index is 11.6. The Labute approximate surface area is 135 Å². The predicted octanol–water partition coefficient (Wildman–Crippen LogP) is 2.42. The summed E-state index contributed by atoms with van der Waals surface area (Å²) in [4.78, 5) is 36.7. The molecule has 1 atom stereocenters. The quantitative estimate of drug-likeness (QED) is 0.140. The van der Waals surface area contributed by atoms with Gasteiger partial charge in [0.2, 0.25) is 5.91 Å². The van der Waals surface area contributed by atoms with Crippen molar-refractivity contribution in [3.8, 4) is 0 Å². The van der Waals surface area contributed by atoms with E-state index in [1.807, 2.05) is 0 Å². The average Bonchev–Trinajstić information content (AvgIpc) is 2.53. The standard InChI is InChI=1S/C15H24N4O4/c16-19-17-9-7-5-3-1-2-4-6-8-12(20)10-14(21)18-13-11-23-15(13)22/h13H,1-11H2,(H,18,21)/t13-/m0/s1. The minimum absolute atomic E-state index is 0.0930. The first-order valence-electron chi connectivity index (χ1n) is 8.12. The minimum Gasteiger partial charge on any atom is -0.461 e. The molecule has 0 saturated carbocycles. The average molecular weight is 324 g/mol. The first kappa shape index (κ1) is 19.0. The van der Waals surface area contributed by atoms with Gasteiger partial charge in [0.05, 0.1) is 6.42 Å². The van der Waals surface area contributed by atoms with Crippen molar-refractivity contribution in [2.75, 3.05) is 13.2 Å². The molecule has 1 saturated heterocycles. The molecular formula is C15H24N4O4. The fourth-order valence-corrected chi connectivity index (χ4v) is 2.28. The van der Waals surface area contributed by atoms with Gasteiger partial charge >= 0.3 is 5.97 Å². The van der Waals surface area contributed by atoms with Crippen molar-refractivity contribution in [1.82, 2.24) is 5.32 Å². The summed E-state index contributed by atoms with van der Waals surface area (Å²) in [7, 11) is 0. The van der Waals surface area contributed by atoms with E-state index in [1.54, 1.807) is 0 Å². The van der Waals surface area contributed by atoms with E-state index in [2.05, 4.69) is 20.1 Å². The molecule has 0 aliphatic carbocycles. The number of carbonyl (C=O) groups is 3. The molecule has 0 aromatic rings. The molecule has 1 fully saturated rings. The SMILES string of the molecule is [N-]=[N+]=NCCCCCCCCCC(=O)CC(=O)N[C@H]1COC1=O. The largest absolute Gasteiger partial charge is 0.461 e. The Morgan fingerprint density at radius 3 is 2.39 bits per heavy atom. The van der Waals surface area contributed by atoms with Crippen LogP contribution in [0.4, 0.5) is 0 Å². The Morgan fingerprint density at radius 1 is 1.17 bits per heavy atom. The predicted molar refractivity (Wildman–Crippen MR) is 83.5 cm³/mol. The van der Waals surface area contributed by atoms with Crippen LogP contribution in [0.1, 0.15) is 57.8 Å². The first-order chi connectivity index (χ1) is 11.1. The number of hydrogen-bond donors (Lipinski definition) is 1. The molecule has 128 valence electrons. The number of nitrogens with one attached hydrogen (secondary N) is 1. The zero-order chi connectivity index (χ0) is 16.9. The molecule has 0 bridgehead atoms. The van der Waals surface area contributed by atoms with Gasteiger partial charge in [-0.1, -0.05) is 37.2 Å². The van der Waals surface area contributed by atoms with Crippen LogP contribution < -0.4 is 5.32 Å². The second kappa shape index (κ2) is 11.5. The molecule has 1 aliphatic heterocycles. The van der Waals surface area contributed by atoms with Crippen molar-refractivity contribution in [3.05, 3.63) is 10.4 Å². The van der Waals surface area contributed by atoms with Crippen LogP contribution in [0, 0.1) is 0 Å². The van der Waals surface area contributed by atoms with E-state index in [-0.39, 0.29) is 18.8 Å². The van der Waals surface area contributed by atoms with Gasteiger partial charge in [-0.15, -0.1) is 0 Å². The number of ketones is 1. The third kappa shape index (κ3) is 8.83. The number of nitrogens with zero attached hydrogens (tertiary/aromatic N) is 3. The molecule has 0 radical (unpaired) electrons. The van der Waals surface area contributed by atoms with E-state index in [0.717, 1.165) is 44.9 Å². The number of ether oxygens (including phenoxy) is 1. The normalized spacial score (nSPS) is 16.0. The minimum atomic E-state index is -0.575. The summed E-state index contributed by atoms with van der Waals surface area (Å²) in [5, 5.41) is 5.95. The summed E-state index contributed by atoms with van der Waals surface area (Å²) in [6, 6.07) is -0.575. The van der Waals surface area contributed by atoms with Gasteiger partial charge in [-0.05, 0) is 18.4 Å². The van der Waals surface area contributed by atoms with Gasteiger partial charge in [-0.25, -0.2) is 4.79 Å². The van der Waals surface area contributed by atoms with Gasteiger partial charge in [0.15, 0.2) is 6.04 Å². The van der Waals surface area contributed by atoms with E-state index in [4.69, 9.17) is 5.53 Å². The number of unbranched alkanes of at least 4 members (excludes halogenated alkanes) is 6. The lowest BCUT2D eigenvalue weighted by Crippen LogP contribution is -2.53. The molecule has 1 amide bonds. The van der Waals surface area contributed by atoms with Crippen molar-refractivity contribution in [1.29, 1.82) is 0 Å². The summed E-state index contributed by atoms with van der Waals surface area (Å²) >= 11 is 0. The molecule has 0 aromatic carbocycles. The van der Waals surface area contributed by atoms with E-state index < -0.39 is 17.9 Å². The maximum atomic E-state index is 11.6.